The first-order valence-corrected chi connectivity index (χ1v) is 9.54. The van der Waals surface area contributed by atoms with Crippen LogP contribution in [0.3, 0.4) is 0 Å². The van der Waals surface area contributed by atoms with Gasteiger partial charge in [0.2, 0.25) is 0 Å². The van der Waals surface area contributed by atoms with Crippen LogP contribution in [0.5, 0.6) is 0 Å². The molecule has 1 N–H and O–H groups in total. The summed E-state index contributed by atoms with van der Waals surface area (Å²) in [5, 5.41) is 14.8. The summed E-state index contributed by atoms with van der Waals surface area (Å²) in [7, 11) is 0. The van der Waals surface area contributed by atoms with Crippen molar-refractivity contribution in [2.45, 2.75) is 52.6 Å². The highest BCUT2D eigenvalue weighted by atomic mass is 16.3. The molecule has 0 spiro atoms. The zero-order valence-electron chi connectivity index (χ0n) is 15.6. The summed E-state index contributed by atoms with van der Waals surface area (Å²) in [4.78, 5) is 2.50. The Morgan fingerprint density at radius 1 is 1.24 bits per heavy atom. The van der Waals surface area contributed by atoms with E-state index in [0.29, 0.717) is 0 Å². The molecule has 4 heteroatoms. The van der Waals surface area contributed by atoms with E-state index < -0.39 is 0 Å². The van der Waals surface area contributed by atoms with Gasteiger partial charge in [-0.05, 0) is 44.7 Å². The monoisotopic (exact) mass is 341 g/mol. The van der Waals surface area contributed by atoms with Crippen LogP contribution in [0.15, 0.2) is 36.5 Å². The summed E-state index contributed by atoms with van der Waals surface area (Å²) < 4.78 is 2.07. The normalized spacial score (nSPS) is 21.6. The predicted molar refractivity (Wildman–Crippen MR) is 101 cm³/mol. The van der Waals surface area contributed by atoms with Crippen LogP contribution in [-0.4, -0.2) is 39.5 Å². The van der Waals surface area contributed by atoms with Gasteiger partial charge in [0.1, 0.15) is 0 Å². The van der Waals surface area contributed by atoms with Crippen LogP contribution in [0, 0.1) is 12.3 Å². The summed E-state index contributed by atoms with van der Waals surface area (Å²) in [6.45, 7) is 8.52. The van der Waals surface area contributed by atoms with Gasteiger partial charge in [0.05, 0.1) is 12.3 Å². The van der Waals surface area contributed by atoms with Gasteiger partial charge in [-0.25, -0.2) is 0 Å². The zero-order valence-corrected chi connectivity index (χ0v) is 15.6. The summed E-state index contributed by atoms with van der Waals surface area (Å²) in [5.74, 6) is 0. The zero-order chi connectivity index (χ0) is 17.7. The number of hydrogen-bond acceptors (Lipinski definition) is 3. The van der Waals surface area contributed by atoms with Crippen molar-refractivity contribution in [3.63, 3.8) is 0 Å². The van der Waals surface area contributed by atoms with E-state index in [-0.39, 0.29) is 12.0 Å². The molecular weight excluding hydrogens is 310 g/mol. The Morgan fingerprint density at radius 2 is 2.04 bits per heavy atom. The number of aromatic nitrogens is 2. The number of aliphatic hydroxyl groups is 1. The summed E-state index contributed by atoms with van der Waals surface area (Å²) >= 11 is 0. The van der Waals surface area contributed by atoms with E-state index in [1.807, 2.05) is 0 Å². The molecule has 1 unspecified atom stereocenters. The van der Waals surface area contributed by atoms with Gasteiger partial charge in [-0.2, -0.15) is 5.10 Å². The van der Waals surface area contributed by atoms with Crippen molar-refractivity contribution in [3.8, 4) is 0 Å². The molecule has 2 aromatic rings. The third kappa shape index (κ3) is 4.50. The second kappa shape index (κ2) is 8.15. The summed E-state index contributed by atoms with van der Waals surface area (Å²) in [5.41, 5.74) is 3.76. The average molecular weight is 341 g/mol. The van der Waals surface area contributed by atoms with Crippen molar-refractivity contribution in [2.75, 3.05) is 19.7 Å². The van der Waals surface area contributed by atoms with E-state index in [4.69, 9.17) is 0 Å². The predicted octanol–water partition coefficient (Wildman–Crippen LogP) is 3.42. The Balaban J connectivity index is 1.69. The van der Waals surface area contributed by atoms with Gasteiger partial charge < -0.3 is 5.11 Å². The first kappa shape index (κ1) is 18.2. The van der Waals surface area contributed by atoms with Crippen LogP contribution in [0.2, 0.25) is 0 Å². The molecule has 1 aromatic carbocycles. The lowest BCUT2D eigenvalue weighted by Crippen LogP contribution is -2.46. The number of aryl methyl sites for hydroxylation is 2. The average Bonchev–Trinajstić information content (AvgIpc) is 2.96. The largest absolute Gasteiger partial charge is 0.396 e. The number of nitrogens with zero attached hydrogens (tertiary/aromatic N) is 3. The number of piperidine rings is 1. The van der Waals surface area contributed by atoms with Crippen molar-refractivity contribution < 1.29 is 5.11 Å². The minimum atomic E-state index is -0.0209. The second-order valence-corrected chi connectivity index (χ2v) is 7.64. The van der Waals surface area contributed by atoms with Crippen molar-refractivity contribution in [1.29, 1.82) is 0 Å². The number of aliphatic hydroxyl groups excluding tert-OH is 1. The van der Waals surface area contributed by atoms with E-state index in [2.05, 4.69) is 65.1 Å². The quantitative estimate of drug-likeness (QED) is 0.839. The van der Waals surface area contributed by atoms with Crippen LogP contribution in [-0.2, 0) is 19.5 Å². The highest BCUT2D eigenvalue weighted by molar-refractivity contribution is 5.18. The Bertz CT molecular complexity index is 667. The fraction of sp³-hybridized carbons (Fsp3) is 0.571. The van der Waals surface area contributed by atoms with Crippen molar-refractivity contribution in [2.24, 2.45) is 5.41 Å². The van der Waals surface area contributed by atoms with Crippen molar-refractivity contribution in [1.82, 2.24) is 14.7 Å². The Hall–Kier alpha value is -1.65. The lowest BCUT2D eigenvalue weighted by atomic mass is 9.75. The van der Waals surface area contributed by atoms with E-state index >= 15 is 0 Å². The molecule has 1 fully saturated rings. The number of benzene rings is 1. The molecule has 0 amide bonds. The van der Waals surface area contributed by atoms with Crippen LogP contribution in [0.25, 0.3) is 0 Å². The maximum absolute atomic E-state index is 10.2. The standard InChI is InChI=1S/C21H31N3O/c1-3-11-24-15-20(18(2)22-24)14-23-12-7-10-21(16-23,17-25)13-19-8-5-4-6-9-19/h4-6,8-9,15,25H,3,7,10-14,16-17H2,1-2H3. The van der Waals surface area contributed by atoms with Crippen LogP contribution in [0.4, 0.5) is 0 Å². The molecule has 25 heavy (non-hydrogen) atoms. The Kier molecular flexibility index (Phi) is 5.92. The first-order chi connectivity index (χ1) is 12.1. The van der Waals surface area contributed by atoms with Crippen LogP contribution < -0.4 is 0 Å². The molecule has 0 saturated carbocycles. The maximum atomic E-state index is 10.2. The van der Waals surface area contributed by atoms with Crippen LogP contribution in [0.1, 0.15) is 43.0 Å². The Labute approximate surface area is 151 Å². The summed E-state index contributed by atoms with van der Waals surface area (Å²) in [6.07, 6.45) is 6.51. The molecule has 1 atom stereocenters. The summed E-state index contributed by atoms with van der Waals surface area (Å²) in [6, 6.07) is 10.6. The number of hydrogen-bond donors (Lipinski definition) is 1. The molecule has 1 aliphatic heterocycles. The van der Waals surface area contributed by atoms with Gasteiger partial charge >= 0.3 is 0 Å². The van der Waals surface area contributed by atoms with Gasteiger partial charge in [-0.3, -0.25) is 9.58 Å². The molecule has 0 aliphatic carbocycles. The molecule has 2 heterocycles. The van der Waals surface area contributed by atoms with Crippen molar-refractivity contribution in [3.05, 3.63) is 53.3 Å². The number of rotatable bonds is 7. The highest BCUT2D eigenvalue weighted by Gasteiger charge is 2.35. The maximum Gasteiger partial charge on any atom is 0.0638 e. The van der Waals surface area contributed by atoms with Gasteiger partial charge in [0.15, 0.2) is 0 Å². The second-order valence-electron chi connectivity index (χ2n) is 7.64. The van der Waals surface area contributed by atoms with Gasteiger partial charge in [0.25, 0.3) is 0 Å². The fourth-order valence-electron chi connectivity index (χ4n) is 4.10. The third-order valence-electron chi connectivity index (χ3n) is 5.39. The molecule has 3 rings (SSSR count). The van der Waals surface area contributed by atoms with E-state index in [1.165, 1.54) is 11.1 Å². The van der Waals surface area contributed by atoms with Crippen molar-refractivity contribution >= 4 is 0 Å². The van der Waals surface area contributed by atoms with Gasteiger partial charge in [0, 0.05) is 36.8 Å². The molecule has 1 aliphatic rings. The van der Waals surface area contributed by atoms with E-state index in [1.54, 1.807) is 0 Å². The number of likely N-dealkylation sites (tertiary alicyclic amines) is 1. The topological polar surface area (TPSA) is 41.3 Å². The molecule has 1 saturated heterocycles. The molecule has 0 bridgehead atoms. The van der Waals surface area contributed by atoms with Crippen LogP contribution >= 0.6 is 0 Å². The molecular formula is C21H31N3O. The van der Waals surface area contributed by atoms with E-state index in [0.717, 1.165) is 57.6 Å². The molecule has 136 valence electrons. The van der Waals surface area contributed by atoms with E-state index in [9.17, 15) is 5.11 Å². The minimum Gasteiger partial charge on any atom is -0.396 e. The SMILES string of the molecule is CCCn1cc(CN2CCCC(CO)(Cc3ccccc3)C2)c(C)n1. The molecule has 4 nitrogen and oxygen atoms in total. The van der Waals surface area contributed by atoms with Gasteiger partial charge in [-0.15, -0.1) is 0 Å². The minimum absolute atomic E-state index is 0.0209. The highest BCUT2D eigenvalue weighted by Crippen LogP contribution is 2.34. The van der Waals surface area contributed by atoms with Gasteiger partial charge in [-0.1, -0.05) is 37.3 Å². The molecule has 0 radical (unpaired) electrons. The third-order valence-corrected chi connectivity index (χ3v) is 5.39. The molecule has 1 aromatic heterocycles. The first-order valence-electron chi connectivity index (χ1n) is 9.54. The fourth-order valence-corrected chi connectivity index (χ4v) is 4.10. The smallest absolute Gasteiger partial charge is 0.0638 e. The lowest BCUT2D eigenvalue weighted by Gasteiger charge is -2.42. The Morgan fingerprint density at radius 3 is 2.76 bits per heavy atom. The lowest BCUT2D eigenvalue weighted by molar-refractivity contribution is 0.0288.